The van der Waals surface area contributed by atoms with E-state index in [9.17, 15) is 5.11 Å². The van der Waals surface area contributed by atoms with Crippen molar-refractivity contribution in [2.75, 3.05) is 6.54 Å². The summed E-state index contributed by atoms with van der Waals surface area (Å²) in [5, 5.41) is 12.3. The van der Waals surface area contributed by atoms with Crippen LogP contribution in [0.15, 0.2) is 34.1 Å². The lowest BCUT2D eigenvalue weighted by molar-refractivity contribution is 0.117. The summed E-state index contributed by atoms with van der Waals surface area (Å²) in [5.41, 5.74) is 0. The summed E-state index contributed by atoms with van der Waals surface area (Å²) in [6, 6.07) is 8.55. The maximum atomic E-state index is 10.3. The standard InChI is InChI=1S/C16H21NO2S/c1-12-6-7-14(19-12)11-17-8-2-4-13(17)10-15(18)16-5-3-9-20-16/h3,5-7,9,13,15,18H,2,4,8,10-11H2,1H3. The Morgan fingerprint density at radius 2 is 2.35 bits per heavy atom. The molecule has 1 fully saturated rings. The third-order valence-corrected chi connectivity index (χ3v) is 4.99. The first-order valence-electron chi connectivity index (χ1n) is 7.23. The summed E-state index contributed by atoms with van der Waals surface area (Å²) in [6.45, 7) is 3.93. The lowest BCUT2D eigenvalue weighted by Crippen LogP contribution is -2.30. The van der Waals surface area contributed by atoms with Crippen molar-refractivity contribution in [2.24, 2.45) is 0 Å². The molecule has 0 spiro atoms. The highest BCUT2D eigenvalue weighted by molar-refractivity contribution is 7.10. The quantitative estimate of drug-likeness (QED) is 0.911. The zero-order valence-corrected chi connectivity index (χ0v) is 12.6. The molecule has 0 amide bonds. The zero-order valence-electron chi connectivity index (χ0n) is 11.8. The number of furan rings is 1. The fourth-order valence-corrected chi connectivity index (χ4v) is 3.72. The minimum Gasteiger partial charge on any atom is -0.465 e. The zero-order chi connectivity index (χ0) is 13.9. The predicted molar refractivity (Wildman–Crippen MR) is 80.8 cm³/mol. The lowest BCUT2D eigenvalue weighted by atomic mass is 10.1. The summed E-state index contributed by atoms with van der Waals surface area (Å²) >= 11 is 1.64. The van der Waals surface area contributed by atoms with E-state index in [4.69, 9.17) is 4.42 Å². The minimum absolute atomic E-state index is 0.334. The van der Waals surface area contributed by atoms with Gasteiger partial charge >= 0.3 is 0 Å². The van der Waals surface area contributed by atoms with Crippen molar-refractivity contribution in [1.82, 2.24) is 4.90 Å². The number of aliphatic hydroxyl groups excluding tert-OH is 1. The molecular weight excluding hydrogens is 270 g/mol. The third-order valence-electron chi connectivity index (χ3n) is 4.02. The number of hydrogen-bond donors (Lipinski definition) is 1. The Morgan fingerprint density at radius 1 is 1.45 bits per heavy atom. The van der Waals surface area contributed by atoms with Crippen LogP contribution in [-0.2, 0) is 6.54 Å². The van der Waals surface area contributed by atoms with Crippen molar-refractivity contribution >= 4 is 11.3 Å². The van der Waals surface area contributed by atoms with E-state index in [1.165, 1.54) is 12.8 Å². The molecule has 3 rings (SSSR count). The van der Waals surface area contributed by atoms with Crippen LogP contribution in [0.4, 0.5) is 0 Å². The number of hydrogen-bond acceptors (Lipinski definition) is 4. The van der Waals surface area contributed by atoms with Crippen LogP contribution >= 0.6 is 11.3 Å². The molecule has 0 aromatic carbocycles. The second-order valence-electron chi connectivity index (χ2n) is 5.55. The monoisotopic (exact) mass is 291 g/mol. The van der Waals surface area contributed by atoms with E-state index in [0.717, 1.165) is 35.9 Å². The van der Waals surface area contributed by atoms with Crippen molar-refractivity contribution in [2.45, 2.75) is 44.9 Å². The molecule has 1 saturated heterocycles. The van der Waals surface area contributed by atoms with Gasteiger partial charge in [0.1, 0.15) is 11.5 Å². The highest BCUT2D eigenvalue weighted by atomic mass is 32.1. The second kappa shape index (κ2) is 6.12. The summed E-state index contributed by atoms with van der Waals surface area (Å²) in [4.78, 5) is 3.51. The van der Waals surface area contributed by atoms with Gasteiger partial charge in [0.25, 0.3) is 0 Å². The van der Waals surface area contributed by atoms with E-state index in [1.807, 2.05) is 30.5 Å². The molecule has 0 aliphatic carbocycles. The molecule has 108 valence electrons. The first-order valence-corrected chi connectivity index (χ1v) is 8.11. The summed E-state index contributed by atoms with van der Waals surface area (Å²) < 4.78 is 5.67. The van der Waals surface area contributed by atoms with Crippen LogP contribution in [0, 0.1) is 6.92 Å². The minimum atomic E-state index is -0.334. The maximum absolute atomic E-state index is 10.3. The molecule has 2 unspecified atom stereocenters. The van der Waals surface area contributed by atoms with E-state index in [0.29, 0.717) is 6.04 Å². The van der Waals surface area contributed by atoms with Crippen LogP contribution < -0.4 is 0 Å². The predicted octanol–water partition coefficient (Wildman–Crippen LogP) is 3.74. The van der Waals surface area contributed by atoms with Gasteiger partial charge in [0.15, 0.2) is 0 Å². The van der Waals surface area contributed by atoms with Gasteiger partial charge in [0, 0.05) is 10.9 Å². The number of nitrogens with zero attached hydrogens (tertiary/aromatic N) is 1. The molecule has 0 saturated carbocycles. The fourth-order valence-electron chi connectivity index (χ4n) is 3.00. The summed E-state index contributed by atoms with van der Waals surface area (Å²) in [6.07, 6.45) is 2.86. The van der Waals surface area contributed by atoms with Gasteiger partial charge in [0.05, 0.1) is 12.6 Å². The number of thiophene rings is 1. The van der Waals surface area contributed by atoms with Gasteiger partial charge < -0.3 is 9.52 Å². The highest BCUT2D eigenvalue weighted by Gasteiger charge is 2.28. The first kappa shape index (κ1) is 13.9. The van der Waals surface area contributed by atoms with Gasteiger partial charge in [-0.2, -0.15) is 0 Å². The summed E-state index contributed by atoms with van der Waals surface area (Å²) in [5.74, 6) is 1.99. The first-order chi connectivity index (χ1) is 9.72. The SMILES string of the molecule is Cc1ccc(CN2CCCC2CC(O)c2cccs2)o1. The largest absolute Gasteiger partial charge is 0.465 e. The molecule has 20 heavy (non-hydrogen) atoms. The van der Waals surface area contributed by atoms with E-state index in [-0.39, 0.29) is 6.10 Å². The Balaban J connectivity index is 1.60. The average Bonchev–Trinajstić information content (AvgIpc) is 3.13. The maximum Gasteiger partial charge on any atom is 0.118 e. The van der Waals surface area contributed by atoms with Crippen molar-refractivity contribution < 1.29 is 9.52 Å². The van der Waals surface area contributed by atoms with Crippen molar-refractivity contribution in [3.63, 3.8) is 0 Å². The number of likely N-dealkylation sites (tertiary alicyclic amines) is 1. The topological polar surface area (TPSA) is 36.6 Å². The van der Waals surface area contributed by atoms with Gasteiger partial charge in [-0.05, 0) is 56.3 Å². The van der Waals surface area contributed by atoms with Crippen LogP contribution in [-0.4, -0.2) is 22.6 Å². The Hall–Kier alpha value is -1.10. The van der Waals surface area contributed by atoms with Gasteiger partial charge in [-0.25, -0.2) is 0 Å². The third kappa shape index (κ3) is 3.14. The van der Waals surface area contributed by atoms with Crippen LogP contribution in [0.5, 0.6) is 0 Å². The number of aliphatic hydroxyl groups is 1. The average molecular weight is 291 g/mol. The van der Waals surface area contributed by atoms with Crippen molar-refractivity contribution in [3.8, 4) is 0 Å². The van der Waals surface area contributed by atoms with E-state index < -0.39 is 0 Å². The van der Waals surface area contributed by atoms with Crippen LogP contribution in [0.1, 0.15) is 41.8 Å². The number of rotatable bonds is 5. The molecule has 0 bridgehead atoms. The molecule has 1 aliphatic rings. The van der Waals surface area contributed by atoms with Crippen molar-refractivity contribution in [3.05, 3.63) is 46.0 Å². The molecule has 2 aromatic heterocycles. The summed E-state index contributed by atoms with van der Waals surface area (Å²) in [7, 11) is 0. The van der Waals surface area contributed by atoms with Gasteiger partial charge in [-0.3, -0.25) is 4.90 Å². The molecule has 2 atom stereocenters. The normalized spacial score (nSPS) is 21.4. The molecule has 1 aliphatic heterocycles. The van der Waals surface area contributed by atoms with E-state index in [2.05, 4.69) is 11.0 Å². The van der Waals surface area contributed by atoms with Crippen LogP contribution in [0.3, 0.4) is 0 Å². The van der Waals surface area contributed by atoms with Gasteiger partial charge in [0.2, 0.25) is 0 Å². The molecule has 4 heteroatoms. The van der Waals surface area contributed by atoms with Crippen LogP contribution in [0.2, 0.25) is 0 Å². The Kier molecular flexibility index (Phi) is 4.24. The fraction of sp³-hybridized carbons (Fsp3) is 0.500. The Labute approximate surface area is 123 Å². The molecule has 0 radical (unpaired) electrons. The smallest absolute Gasteiger partial charge is 0.118 e. The van der Waals surface area contributed by atoms with E-state index in [1.54, 1.807) is 11.3 Å². The lowest BCUT2D eigenvalue weighted by Gasteiger charge is -2.25. The Morgan fingerprint density at radius 3 is 3.05 bits per heavy atom. The molecule has 3 nitrogen and oxygen atoms in total. The molecule has 3 heterocycles. The van der Waals surface area contributed by atoms with E-state index >= 15 is 0 Å². The molecule has 2 aromatic rings. The highest BCUT2D eigenvalue weighted by Crippen LogP contribution is 2.30. The van der Waals surface area contributed by atoms with Gasteiger partial charge in [-0.15, -0.1) is 11.3 Å². The van der Waals surface area contributed by atoms with Gasteiger partial charge in [-0.1, -0.05) is 6.07 Å². The van der Waals surface area contributed by atoms with Crippen LogP contribution in [0.25, 0.3) is 0 Å². The second-order valence-corrected chi connectivity index (χ2v) is 6.53. The molecule has 1 N–H and O–H groups in total. The molecular formula is C16H21NO2S. The Bertz CT molecular complexity index is 534. The van der Waals surface area contributed by atoms with Crippen molar-refractivity contribution in [1.29, 1.82) is 0 Å². The number of aryl methyl sites for hydroxylation is 1.